The summed E-state index contributed by atoms with van der Waals surface area (Å²) in [6.45, 7) is 5.58. The molecule has 1 atom stereocenters. The van der Waals surface area contributed by atoms with Crippen LogP contribution in [0.15, 0.2) is 57.7 Å². The van der Waals surface area contributed by atoms with Crippen LogP contribution < -0.4 is 10.2 Å². The van der Waals surface area contributed by atoms with Crippen molar-refractivity contribution in [2.45, 2.75) is 24.3 Å². The van der Waals surface area contributed by atoms with Crippen molar-refractivity contribution in [3.63, 3.8) is 0 Å². The van der Waals surface area contributed by atoms with Gasteiger partial charge in [0.05, 0.1) is 15.6 Å². The van der Waals surface area contributed by atoms with Crippen molar-refractivity contribution in [3.8, 4) is 0 Å². The lowest BCUT2D eigenvalue weighted by molar-refractivity contribution is 0.368. The van der Waals surface area contributed by atoms with Gasteiger partial charge in [0.15, 0.2) is 15.8 Å². The van der Waals surface area contributed by atoms with Crippen LogP contribution in [-0.4, -0.2) is 64.3 Å². The number of anilines is 1. The van der Waals surface area contributed by atoms with E-state index in [9.17, 15) is 8.42 Å². The first-order valence-corrected chi connectivity index (χ1v) is 12.1. The van der Waals surface area contributed by atoms with Crippen LogP contribution >= 0.6 is 35.3 Å². The summed E-state index contributed by atoms with van der Waals surface area (Å²) in [5.41, 5.74) is 0. The molecule has 0 aliphatic carbocycles. The second-order valence-electron chi connectivity index (χ2n) is 6.82. The van der Waals surface area contributed by atoms with Gasteiger partial charge in [0.25, 0.3) is 0 Å². The summed E-state index contributed by atoms with van der Waals surface area (Å²) >= 11 is 1.76. The minimum absolute atomic E-state index is 0. The second-order valence-corrected chi connectivity index (χ2v) is 9.78. The SMILES string of the molecule is CCC(CS(=O)(=O)c1ccccc1)NC(=NC)N1CCN(c2cccs2)CC1.I. The first-order valence-electron chi connectivity index (χ1n) is 9.58. The summed E-state index contributed by atoms with van der Waals surface area (Å²) < 4.78 is 25.4. The summed E-state index contributed by atoms with van der Waals surface area (Å²) in [7, 11) is -1.58. The Morgan fingerprint density at radius 3 is 2.38 bits per heavy atom. The van der Waals surface area contributed by atoms with Crippen molar-refractivity contribution < 1.29 is 8.42 Å². The molecule has 1 unspecified atom stereocenters. The van der Waals surface area contributed by atoms with Gasteiger partial charge in [-0.05, 0) is 36.1 Å². The number of nitrogens with zero attached hydrogens (tertiary/aromatic N) is 3. The maximum absolute atomic E-state index is 12.7. The molecule has 0 amide bonds. The second kappa shape index (κ2) is 11.2. The molecule has 0 saturated carbocycles. The first-order chi connectivity index (χ1) is 13.5. The number of benzene rings is 1. The molecule has 1 aliphatic rings. The highest BCUT2D eigenvalue weighted by Crippen LogP contribution is 2.22. The highest BCUT2D eigenvalue weighted by Gasteiger charge is 2.25. The monoisotopic (exact) mass is 548 g/mol. The van der Waals surface area contributed by atoms with E-state index in [0.29, 0.717) is 11.3 Å². The molecule has 2 aromatic rings. The van der Waals surface area contributed by atoms with Crippen molar-refractivity contribution in [2.75, 3.05) is 43.9 Å². The molecule has 1 saturated heterocycles. The van der Waals surface area contributed by atoms with Crippen molar-refractivity contribution in [2.24, 2.45) is 4.99 Å². The molecule has 9 heteroatoms. The molecule has 1 N–H and O–H groups in total. The van der Waals surface area contributed by atoms with Gasteiger partial charge in [0, 0.05) is 39.3 Å². The number of halogens is 1. The number of piperazine rings is 1. The van der Waals surface area contributed by atoms with Gasteiger partial charge in [0.1, 0.15) is 0 Å². The number of guanidine groups is 1. The van der Waals surface area contributed by atoms with Crippen LogP contribution in [0.4, 0.5) is 5.00 Å². The van der Waals surface area contributed by atoms with E-state index in [4.69, 9.17) is 0 Å². The molecule has 1 aliphatic heterocycles. The van der Waals surface area contributed by atoms with E-state index in [-0.39, 0.29) is 35.8 Å². The molecular weight excluding hydrogens is 519 g/mol. The smallest absolute Gasteiger partial charge is 0.194 e. The van der Waals surface area contributed by atoms with Crippen LogP contribution in [0.25, 0.3) is 0 Å². The minimum atomic E-state index is -3.34. The largest absolute Gasteiger partial charge is 0.360 e. The average molecular weight is 549 g/mol. The zero-order valence-corrected chi connectivity index (χ0v) is 20.8. The standard InChI is InChI=1S/C20H28N4O2S2.HI/c1-3-17(16-28(25,26)18-8-5-4-6-9-18)22-20(21-2)24-13-11-23(12-14-24)19-10-7-15-27-19;/h4-10,15,17H,3,11-14,16H2,1-2H3,(H,21,22);1H. The summed E-state index contributed by atoms with van der Waals surface area (Å²) in [6, 6.07) is 12.7. The van der Waals surface area contributed by atoms with Crippen LogP contribution in [0.3, 0.4) is 0 Å². The van der Waals surface area contributed by atoms with Crippen molar-refractivity contribution in [1.82, 2.24) is 10.2 Å². The number of sulfone groups is 1. The number of aliphatic imine (C=N–C) groups is 1. The fourth-order valence-electron chi connectivity index (χ4n) is 3.32. The average Bonchev–Trinajstić information content (AvgIpc) is 3.27. The van der Waals surface area contributed by atoms with Crippen LogP contribution in [0.1, 0.15) is 13.3 Å². The summed E-state index contributed by atoms with van der Waals surface area (Å²) in [4.78, 5) is 9.37. The molecule has 0 bridgehead atoms. The predicted molar refractivity (Wildman–Crippen MR) is 133 cm³/mol. The van der Waals surface area contributed by atoms with Crippen LogP contribution in [0.2, 0.25) is 0 Å². The number of rotatable bonds is 6. The Bertz CT molecular complexity index is 865. The Kier molecular flexibility index (Phi) is 9.22. The molecule has 29 heavy (non-hydrogen) atoms. The zero-order valence-electron chi connectivity index (χ0n) is 16.8. The molecule has 6 nitrogen and oxygen atoms in total. The van der Waals surface area contributed by atoms with Gasteiger partial charge >= 0.3 is 0 Å². The minimum Gasteiger partial charge on any atom is -0.360 e. The van der Waals surface area contributed by atoms with Crippen molar-refractivity contribution in [1.29, 1.82) is 0 Å². The number of nitrogens with one attached hydrogen (secondary N) is 1. The van der Waals surface area contributed by atoms with E-state index in [1.807, 2.05) is 13.0 Å². The van der Waals surface area contributed by atoms with E-state index < -0.39 is 9.84 Å². The van der Waals surface area contributed by atoms with Gasteiger partial charge in [-0.1, -0.05) is 25.1 Å². The molecule has 1 fully saturated rings. The molecule has 0 spiro atoms. The number of thiophene rings is 1. The molecule has 2 heterocycles. The third-order valence-corrected chi connectivity index (χ3v) is 7.72. The van der Waals surface area contributed by atoms with Gasteiger partial charge in [-0.3, -0.25) is 4.99 Å². The topological polar surface area (TPSA) is 65.0 Å². The lowest BCUT2D eigenvalue weighted by atomic mass is 10.2. The van der Waals surface area contributed by atoms with Crippen molar-refractivity contribution in [3.05, 3.63) is 47.8 Å². The Labute approximate surface area is 195 Å². The van der Waals surface area contributed by atoms with E-state index in [0.717, 1.165) is 32.1 Å². The maximum atomic E-state index is 12.7. The lowest BCUT2D eigenvalue weighted by Crippen LogP contribution is -2.55. The molecule has 0 radical (unpaired) electrons. The highest BCUT2D eigenvalue weighted by molar-refractivity contribution is 14.0. The molecule has 160 valence electrons. The third-order valence-electron chi connectivity index (χ3n) is 4.96. The van der Waals surface area contributed by atoms with Gasteiger partial charge in [-0.15, -0.1) is 35.3 Å². The summed E-state index contributed by atoms with van der Waals surface area (Å²) in [6.07, 6.45) is 0.709. The summed E-state index contributed by atoms with van der Waals surface area (Å²) in [5.74, 6) is 0.836. The van der Waals surface area contributed by atoms with Gasteiger partial charge in [-0.25, -0.2) is 8.42 Å². The fraction of sp³-hybridized carbons (Fsp3) is 0.450. The molecule has 1 aromatic heterocycles. The maximum Gasteiger partial charge on any atom is 0.194 e. The number of hydrogen-bond acceptors (Lipinski definition) is 5. The Morgan fingerprint density at radius 2 is 1.83 bits per heavy atom. The highest BCUT2D eigenvalue weighted by atomic mass is 127. The molecule has 3 rings (SSSR count). The summed E-state index contributed by atoms with van der Waals surface area (Å²) in [5, 5.41) is 6.77. The first kappa shape index (κ1) is 23.9. The normalized spacial score (nSPS) is 16.3. The van der Waals surface area contributed by atoms with E-state index in [1.165, 1.54) is 5.00 Å². The fourth-order valence-corrected chi connectivity index (χ4v) is 5.72. The van der Waals surface area contributed by atoms with Gasteiger partial charge in [-0.2, -0.15) is 0 Å². The van der Waals surface area contributed by atoms with Gasteiger partial charge < -0.3 is 15.1 Å². The zero-order chi connectivity index (χ0) is 20.0. The predicted octanol–water partition coefficient (Wildman–Crippen LogP) is 3.32. The Hall–Kier alpha value is -1.33. The Balaban J connectivity index is 0.00000300. The molecular formula is C20H29IN4O2S2. The third kappa shape index (κ3) is 6.32. The number of hydrogen-bond donors (Lipinski definition) is 1. The van der Waals surface area contributed by atoms with Crippen LogP contribution in [0, 0.1) is 0 Å². The van der Waals surface area contributed by atoms with Gasteiger partial charge in [0.2, 0.25) is 0 Å². The molecule has 1 aromatic carbocycles. The van der Waals surface area contributed by atoms with E-state index >= 15 is 0 Å². The van der Waals surface area contributed by atoms with Crippen LogP contribution in [0.5, 0.6) is 0 Å². The quantitative estimate of drug-likeness (QED) is 0.341. The van der Waals surface area contributed by atoms with Crippen LogP contribution in [-0.2, 0) is 9.84 Å². The van der Waals surface area contributed by atoms with Crippen molar-refractivity contribution >= 4 is 56.1 Å². The lowest BCUT2D eigenvalue weighted by Gasteiger charge is -2.37. The Morgan fingerprint density at radius 1 is 1.14 bits per heavy atom. The van der Waals surface area contributed by atoms with E-state index in [1.54, 1.807) is 42.6 Å². The van der Waals surface area contributed by atoms with E-state index in [2.05, 4.69) is 37.6 Å².